The van der Waals surface area contributed by atoms with Crippen LogP contribution in [0, 0.1) is 23.7 Å². The molecule has 0 saturated carbocycles. The van der Waals surface area contributed by atoms with Crippen molar-refractivity contribution in [3.05, 3.63) is 59.7 Å². The van der Waals surface area contributed by atoms with Crippen molar-refractivity contribution in [3.63, 3.8) is 0 Å². The van der Waals surface area contributed by atoms with Crippen molar-refractivity contribution in [3.8, 4) is 24.2 Å². The third-order valence-electron chi connectivity index (χ3n) is 4.94. The standard InChI is InChI=1S/C27H30N4O5/c1-7-19-8-10-20(11-9-19)23(24(32)30-21-12-14-22(35-6)15-13-21)31(17-16-28)25(33)18(2)29-26(34)36-27(3,4)5/h1,8-15,18,23H,17H2,2-6H3,(H,29,34)(H,30,32). The predicted molar refractivity (Wildman–Crippen MR) is 135 cm³/mol. The summed E-state index contributed by atoms with van der Waals surface area (Å²) in [5.74, 6) is 1.92. The van der Waals surface area contributed by atoms with Crippen LogP contribution in [0.2, 0.25) is 0 Å². The van der Waals surface area contributed by atoms with Gasteiger partial charge in [0.05, 0.1) is 13.2 Å². The first-order valence-electron chi connectivity index (χ1n) is 11.2. The number of amides is 3. The van der Waals surface area contributed by atoms with Crippen LogP contribution in [0.5, 0.6) is 5.75 Å². The zero-order chi connectivity index (χ0) is 26.9. The SMILES string of the molecule is C#Cc1ccc(C(C(=O)Nc2ccc(OC)cc2)N(CC#N)C(=O)C(C)NC(=O)OC(C)(C)C)cc1. The minimum absolute atomic E-state index is 0.406. The molecule has 2 rings (SSSR count). The molecule has 0 aliphatic carbocycles. The van der Waals surface area contributed by atoms with E-state index in [1.165, 1.54) is 14.0 Å². The summed E-state index contributed by atoms with van der Waals surface area (Å²) in [5.41, 5.74) is 0.730. The molecule has 0 bridgehead atoms. The average Bonchev–Trinajstić information content (AvgIpc) is 2.82. The lowest BCUT2D eigenvalue weighted by Crippen LogP contribution is -2.51. The second kappa shape index (κ2) is 12.3. The van der Waals surface area contributed by atoms with Gasteiger partial charge in [-0.25, -0.2) is 4.79 Å². The zero-order valence-corrected chi connectivity index (χ0v) is 21.0. The highest BCUT2D eigenvalue weighted by Gasteiger charge is 2.34. The summed E-state index contributed by atoms with van der Waals surface area (Å²) in [6.07, 6.45) is 4.65. The van der Waals surface area contributed by atoms with Crippen LogP contribution >= 0.6 is 0 Å². The number of nitrogens with zero attached hydrogens (tertiary/aromatic N) is 2. The molecule has 36 heavy (non-hydrogen) atoms. The number of ether oxygens (including phenoxy) is 2. The van der Waals surface area contributed by atoms with Crippen LogP contribution in [-0.4, -0.2) is 48.1 Å². The lowest BCUT2D eigenvalue weighted by Gasteiger charge is -2.32. The molecule has 0 aliphatic heterocycles. The molecule has 2 N–H and O–H groups in total. The molecule has 9 nitrogen and oxygen atoms in total. The van der Waals surface area contributed by atoms with Crippen LogP contribution < -0.4 is 15.4 Å². The lowest BCUT2D eigenvalue weighted by atomic mass is 10.0. The van der Waals surface area contributed by atoms with E-state index in [1.807, 2.05) is 6.07 Å². The van der Waals surface area contributed by atoms with Crippen molar-refractivity contribution < 1.29 is 23.9 Å². The number of terminal acetylenes is 1. The molecular weight excluding hydrogens is 460 g/mol. The number of hydrogen-bond donors (Lipinski definition) is 2. The summed E-state index contributed by atoms with van der Waals surface area (Å²) in [6.45, 7) is 6.13. The van der Waals surface area contributed by atoms with Crippen molar-refractivity contribution in [2.24, 2.45) is 0 Å². The number of carbonyl (C=O) groups excluding carboxylic acids is 3. The van der Waals surface area contributed by atoms with E-state index < -0.39 is 42.1 Å². The zero-order valence-electron chi connectivity index (χ0n) is 21.0. The predicted octanol–water partition coefficient (Wildman–Crippen LogP) is 3.62. The maximum Gasteiger partial charge on any atom is 0.408 e. The van der Waals surface area contributed by atoms with E-state index in [-0.39, 0.29) is 0 Å². The van der Waals surface area contributed by atoms with Crippen molar-refractivity contribution >= 4 is 23.6 Å². The first-order valence-corrected chi connectivity index (χ1v) is 11.2. The van der Waals surface area contributed by atoms with Gasteiger partial charge in [-0.05, 0) is 69.7 Å². The molecular formula is C27H30N4O5. The van der Waals surface area contributed by atoms with E-state index in [0.29, 0.717) is 22.6 Å². The minimum Gasteiger partial charge on any atom is -0.497 e. The summed E-state index contributed by atoms with van der Waals surface area (Å²) < 4.78 is 10.4. The highest BCUT2D eigenvalue weighted by Crippen LogP contribution is 2.25. The Morgan fingerprint density at radius 2 is 1.69 bits per heavy atom. The molecule has 3 amide bonds. The topological polar surface area (TPSA) is 121 Å². The highest BCUT2D eigenvalue weighted by molar-refractivity contribution is 5.99. The molecule has 0 saturated heterocycles. The molecule has 0 aliphatic rings. The summed E-state index contributed by atoms with van der Waals surface area (Å²) in [5, 5.41) is 14.7. The summed E-state index contributed by atoms with van der Waals surface area (Å²) in [4.78, 5) is 40.2. The Balaban J connectivity index is 2.40. The minimum atomic E-state index is -1.19. The number of hydrogen-bond acceptors (Lipinski definition) is 6. The molecule has 0 radical (unpaired) electrons. The number of methoxy groups -OCH3 is 1. The van der Waals surface area contributed by atoms with Crippen LogP contribution in [0.25, 0.3) is 0 Å². The fraction of sp³-hybridized carbons (Fsp3) is 0.333. The van der Waals surface area contributed by atoms with Crippen LogP contribution in [0.15, 0.2) is 48.5 Å². The van der Waals surface area contributed by atoms with Crippen LogP contribution in [0.3, 0.4) is 0 Å². The first kappa shape index (κ1) is 27.7. The van der Waals surface area contributed by atoms with Crippen LogP contribution in [0.1, 0.15) is 44.9 Å². The molecule has 0 fully saturated rings. The molecule has 2 aromatic rings. The Hall–Kier alpha value is -4.50. The molecule has 0 heterocycles. The van der Waals surface area contributed by atoms with Gasteiger partial charge in [0.2, 0.25) is 5.91 Å². The summed E-state index contributed by atoms with van der Waals surface area (Å²) in [7, 11) is 1.53. The van der Waals surface area contributed by atoms with E-state index in [4.69, 9.17) is 15.9 Å². The third-order valence-corrected chi connectivity index (χ3v) is 4.94. The van der Waals surface area contributed by atoms with Gasteiger partial charge in [-0.1, -0.05) is 18.1 Å². The molecule has 0 aromatic heterocycles. The van der Waals surface area contributed by atoms with E-state index in [1.54, 1.807) is 69.3 Å². The van der Waals surface area contributed by atoms with Gasteiger partial charge >= 0.3 is 6.09 Å². The second-order valence-corrected chi connectivity index (χ2v) is 8.88. The van der Waals surface area contributed by atoms with Gasteiger partial charge in [0.1, 0.15) is 30.0 Å². The maximum absolute atomic E-state index is 13.5. The molecule has 9 heteroatoms. The maximum atomic E-state index is 13.5. The van der Waals surface area contributed by atoms with E-state index >= 15 is 0 Å². The van der Waals surface area contributed by atoms with Gasteiger partial charge in [-0.15, -0.1) is 6.42 Å². The Bertz CT molecular complexity index is 1160. The van der Waals surface area contributed by atoms with Gasteiger partial charge in [0.25, 0.3) is 5.91 Å². The lowest BCUT2D eigenvalue weighted by molar-refractivity contribution is -0.139. The fourth-order valence-electron chi connectivity index (χ4n) is 3.29. The van der Waals surface area contributed by atoms with Gasteiger partial charge < -0.3 is 25.0 Å². The highest BCUT2D eigenvalue weighted by atomic mass is 16.6. The van der Waals surface area contributed by atoms with Crippen molar-refractivity contribution in [1.82, 2.24) is 10.2 Å². The summed E-state index contributed by atoms with van der Waals surface area (Å²) in [6, 6.07) is 12.9. The number of alkyl carbamates (subject to hydrolysis) is 1. The van der Waals surface area contributed by atoms with E-state index in [9.17, 15) is 19.6 Å². The van der Waals surface area contributed by atoms with E-state index in [0.717, 1.165) is 4.90 Å². The number of benzene rings is 2. The fourth-order valence-corrected chi connectivity index (χ4v) is 3.29. The Morgan fingerprint density at radius 1 is 1.08 bits per heavy atom. The average molecular weight is 491 g/mol. The smallest absolute Gasteiger partial charge is 0.408 e. The number of rotatable bonds is 8. The van der Waals surface area contributed by atoms with Crippen LogP contribution in [0.4, 0.5) is 10.5 Å². The molecule has 2 aromatic carbocycles. The Labute approximate surface area is 211 Å². The van der Waals surface area contributed by atoms with Gasteiger partial charge in [-0.2, -0.15) is 5.26 Å². The summed E-state index contributed by atoms with van der Waals surface area (Å²) >= 11 is 0. The molecule has 2 unspecified atom stereocenters. The molecule has 188 valence electrons. The van der Waals surface area contributed by atoms with Crippen LogP contribution in [-0.2, 0) is 14.3 Å². The van der Waals surface area contributed by atoms with Gasteiger partial charge in [0, 0.05) is 11.3 Å². The Kier molecular flexibility index (Phi) is 9.46. The monoisotopic (exact) mass is 490 g/mol. The Morgan fingerprint density at radius 3 is 2.19 bits per heavy atom. The van der Waals surface area contributed by atoms with E-state index in [2.05, 4.69) is 16.6 Å². The van der Waals surface area contributed by atoms with Crippen molar-refractivity contribution in [1.29, 1.82) is 5.26 Å². The number of nitrogens with one attached hydrogen (secondary N) is 2. The van der Waals surface area contributed by atoms with Crippen molar-refractivity contribution in [2.45, 2.75) is 45.4 Å². The molecule has 0 spiro atoms. The largest absolute Gasteiger partial charge is 0.497 e. The number of anilines is 1. The molecule has 2 atom stereocenters. The van der Waals surface area contributed by atoms with Gasteiger partial charge in [0.15, 0.2) is 0 Å². The number of carbonyl (C=O) groups is 3. The third kappa shape index (κ3) is 7.78. The number of nitriles is 1. The second-order valence-electron chi connectivity index (χ2n) is 8.88. The van der Waals surface area contributed by atoms with Crippen molar-refractivity contribution in [2.75, 3.05) is 19.0 Å². The first-order chi connectivity index (χ1) is 17.0. The quantitative estimate of drug-likeness (QED) is 0.431. The van der Waals surface area contributed by atoms with Gasteiger partial charge in [-0.3, -0.25) is 9.59 Å². The normalized spacial score (nSPS) is 12.2.